The summed E-state index contributed by atoms with van der Waals surface area (Å²) in [5.41, 5.74) is 0.719. The minimum Gasteiger partial charge on any atom is -0.459 e. The molecule has 0 aliphatic carbocycles. The molecule has 6 heteroatoms. The summed E-state index contributed by atoms with van der Waals surface area (Å²) in [4.78, 5) is 27.9. The Kier molecular flexibility index (Phi) is 5.90. The second-order valence-corrected chi connectivity index (χ2v) is 5.27. The minimum atomic E-state index is -0.286. The van der Waals surface area contributed by atoms with Crippen LogP contribution < -0.4 is 5.32 Å². The van der Waals surface area contributed by atoms with Gasteiger partial charge in [-0.2, -0.15) is 0 Å². The van der Waals surface area contributed by atoms with Gasteiger partial charge in [-0.1, -0.05) is 12.1 Å². The number of thiophene rings is 1. The molecule has 2 aromatic rings. The van der Waals surface area contributed by atoms with Crippen LogP contribution >= 0.6 is 11.3 Å². The van der Waals surface area contributed by atoms with Gasteiger partial charge in [0.2, 0.25) is 0 Å². The number of nitrogens with one attached hydrogen (secondary N) is 1. The molecule has 0 aromatic carbocycles. The number of carbonyl (C=O) groups is 2. The van der Waals surface area contributed by atoms with Gasteiger partial charge in [-0.25, -0.2) is 0 Å². The summed E-state index contributed by atoms with van der Waals surface area (Å²) < 4.78 is 5.10. The molecule has 5 nitrogen and oxygen atoms in total. The number of nitrogens with zero attached hydrogens (tertiary/aromatic N) is 1. The highest BCUT2D eigenvalue weighted by Gasteiger charge is 2.07. The van der Waals surface area contributed by atoms with Crippen molar-refractivity contribution in [2.24, 2.45) is 0 Å². The zero-order valence-electron chi connectivity index (χ0n) is 11.5. The van der Waals surface area contributed by atoms with Crippen LogP contribution in [0, 0.1) is 0 Å². The molecule has 1 amide bonds. The average molecular weight is 304 g/mol. The van der Waals surface area contributed by atoms with Gasteiger partial charge in [-0.15, -0.1) is 11.3 Å². The van der Waals surface area contributed by atoms with Crippen LogP contribution in [0.5, 0.6) is 0 Å². The van der Waals surface area contributed by atoms with E-state index in [1.807, 2.05) is 23.6 Å². The Hall–Kier alpha value is -2.21. The summed E-state index contributed by atoms with van der Waals surface area (Å²) in [5.74, 6) is -0.391. The second-order valence-electron chi connectivity index (χ2n) is 4.32. The number of rotatable bonds is 7. The lowest BCUT2D eigenvalue weighted by Gasteiger charge is -2.05. The maximum absolute atomic E-state index is 11.6. The molecule has 0 aliphatic heterocycles. The number of pyridine rings is 1. The van der Waals surface area contributed by atoms with E-state index in [9.17, 15) is 9.59 Å². The third-order valence-electron chi connectivity index (χ3n) is 2.70. The maximum Gasteiger partial charge on any atom is 0.306 e. The van der Waals surface area contributed by atoms with E-state index >= 15 is 0 Å². The first kappa shape index (κ1) is 15.2. The standard InChI is InChI=1S/C15H16N2O3S/c18-14(20-11-12-5-1-2-8-16-12)7-3-9-17-15(19)13-6-4-10-21-13/h1-2,4-6,8,10H,3,7,9,11H2,(H,17,19). The van der Waals surface area contributed by atoms with Crippen molar-refractivity contribution in [1.29, 1.82) is 0 Å². The number of esters is 1. The maximum atomic E-state index is 11.6. The fraction of sp³-hybridized carbons (Fsp3) is 0.267. The van der Waals surface area contributed by atoms with Gasteiger partial charge in [-0.3, -0.25) is 14.6 Å². The molecule has 2 rings (SSSR count). The molecular formula is C15H16N2O3S. The fourth-order valence-electron chi connectivity index (χ4n) is 1.64. The first-order valence-electron chi connectivity index (χ1n) is 6.63. The predicted octanol–water partition coefficient (Wildman–Crippen LogP) is 2.40. The molecule has 21 heavy (non-hydrogen) atoms. The smallest absolute Gasteiger partial charge is 0.306 e. The van der Waals surface area contributed by atoms with Crippen LogP contribution in [-0.2, 0) is 16.1 Å². The van der Waals surface area contributed by atoms with Gasteiger partial charge in [0.1, 0.15) is 6.61 Å². The lowest BCUT2D eigenvalue weighted by molar-refractivity contribution is -0.145. The molecule has 0 aliphatic rings. The Morgan fingerprint density at radius 2 is 2.14 bits per heavy atom. The molecule has 0 bridgehead atoms. The topological polar surface area (TPSA) is 68.3 Å². The Balaban J connectivity index is 1.58. The Morgan fingerprint density at radius 3 is 2.86 bits per heavy atom. The fourth-order valence-corrected chi connectivity index (χ4v) is 2.28. The van der Waals surface area contributed by atoms with E-state index in [2.05, 4.69) is 10.3 Å². The van der Waals surface area contributed by atoms with Crippen LogP contribution in [0.15, 0.2) is 41.9 Å². The van der Waals surface area contributed by atoms with Crippen LogP contribution in [0.2, 0.25) is 0 Å². The molecular weight excluding hydrogens is 288 g/mol. The molecule has 1 N–H and O–H groups in total. The molecule has 2 aromatic heterocycles. The Bertz CT molecular complexity index is 570. The SMILES string of the molecule is O=C(CCCNC(=O)c1cccs1)OCc1ccccn1. The second kappa shape index (κ2) is 8.16. The van der Waals surface area contributed by atoms with E-state index in [0.29, 0.717) is 17.8 Å². The van der Waals surface area contributed by atoms with Crippen molar-refractivity contribution in [3.63, 3.8) is 0 Å². The van der Waals surface area contributed by atoms with Gasteiger partial charge >= 0.3 is 5.97 Å². The number of aromatic nitrogens is 1. The van der Waals surface area contributed by atoms with Crippen molar-refractivity contribution < 1.29 is 14.3 Å². The summed E-state index contributed by atoms with van der Waals surface area (Å²) in [6.07, 6.45) is 2.49. The van der Waals surface area contributed by atoms with Gasteiger partial charge < -0.3 is 10.1 Å². The number of hydrogen-bond donors (Lipinski definition) is 1. The molecule has 0 fully saturated rings. The van der Waals surface area contributed by atoms with Crippen LogP contribution in [0.25, 0.3) is 0 Å². The van der Waals surface area contributed by atoms with Crippen molar-refractivity contribution >= 4 is 23.2 Å². The molecule has 0 radical (unpaired) electrons. The monoisotopic (exact) mass is 304 g/mol. The lowest BCUT2D eigenvalue weighted by Crippen LogP contribution is -2.24. The highest BCUT2D eigenvalue weighted by molar-refractivity contribution is 7.12. The Morgan fingerprint density at radius 1 is 1.24 bits per heavy atom. The quantitative estimate of drug-likeness (QED) is 0.630. The summed E-state index contributed by atoms with van der Waals surface area (Å²) >= 11 is 1.39. The van der Waals surface area contributed by atoms with Crippen molar-refractivity contribution in [3.05, 3.63) is 52.5 Å². The molecule has 0 saturated heterocycles. The van der Waals surface area contributed by atoms with Crippen LogP contribution in [0.1, 0.15) is 28.2 Å². The lowest BCUT2D eigenvalue weighted by atomic mass is 10.3. The zero-order chi connectivity index (χ0) is 14.9. The number of carbonyl (C=O) groups excluding carboxylic acids is 2. The highest BCUT2D eigenvalue weighted by Crippen LogP contribution is 2.07. The van der Waals surface area contributed by atoms with Crippen molar-refractivity contribution in [2.45, 2.75) is 19.4 Å². The zero-order valence-corrected chi connectivity index (χ0v) is 12.3. The summed E-state index contributed by atoms with van der Waals surface area (Å²) in [6, 6.07) is 9.04. The molecule has 110 valence electrons. The molecule has 0 spiro atoms. The first-order valence-corrected chi connectivity index (χ1v) is 7.51. The van der Waals surface area contributed by atoms with Crippen LogP contribution in [0.4, 0.5) is 0 Å². The van der Waals surface area contributed by atoms with E-state index in [0.717, 1.165) is 5.69 Å². The van der Waals surface area contributed by atoms with E-state index < -0.39 is 0 Å². The summed E-state index contributed by atoms with van der Waals surface area (Å²) in [7, 11) is 0. The van der Waals surface area contributed by atoms with Gasteiger partial charge in [0.25, 0.3) is 5.91 Å². The minimum absolute atomic E-state index is 0.105. The normalized spacial score (nSPS) is 10.1. The third kappa shape index (κ3) is 5.35. The van der Waals surface area contributed by atoms with Crippen molar-refractivity contribution in [2.75, 3.05) is 6.54 Å². The van der Waals surface area contributed by atoms with Crippen molar-refractivity contribution in [3.8, 4) is 0 Å². The third-order valence-corrected chi connectivity index (χ3v) is 3.56. The van der Waals surface area contributed by atoms with Gasteiger partial charge in [0, 0.05) is 19.2 Å². The van der Waals surface area contributed by atoms with Crippen molar-refractivity contribution in [1.82, 2.24) is 10.3 Å². The van der Waals surface area contributed by atoms with Crippen LogP contribution in [-0.4, -0.2) is 23.4 Å². The average Bonchev–Trinajstić information content (AvgIpc) is 3.05. The van der Waals surface area contributed by atoms with Gasteiger partial charge in [-0.05, 0) is 30.0 Å². The summed E-state index contributed by atoms with van der Waals surface area (Å²) in [5, 5.41) is 4.62. The number of amides is 1. The number of ether oxygens (including phenoxy) is 1. The Labute approximate surface area is 127 Å². The number of hydrogen-bond acceptors (Lipinski definition) is 5. The van der Waals surface area contributed by atoms with Gasteiger partial charge in [0.15, 0.2) is 0 Å². The predicted molar refractivity (Wildman–Crippen MR) is 79.9 cm³/mol. The van der Waals surface area contributed by atoms with E-state index in [-0.39, 0.29) is 24.9 Å². The van der Waals surface area contributed by atoms with Crippen LogP contribution in [0.3, 0.4) is 0 Å². The molecule has 0 saturated carbocycles. The summed E-state index contributed by atoms with van der Waals surface area (Å²) in [6.45, 7) is 0.636. The highest BCUT2D eigenvalue weighted by atomic mass is 32.1. The van der Waals surface area contributed by atoms with E-state index in [1.54, 1.807) is 18.3 Å². The molecule has 2 heterocycles. The largest absolute Gasteiger partial charge is 0.459 e. The van der Waals surface area contributed by atoms with Gasteiger partial charge in [0.05, 0.1) is 10.6 Å². The van der Waals surface area contributed by atoms with E-state index in [4.69, 9.17) is 4.74 Å². The first-order chi connectivity index (χ1) is 10.3. The molecule has 0 unspecified atom stereocenters. The molecule has 0 atom stereocenters. The van der Waals surface area contributed by atoms with E-state index in [1.165, 1.54) is 11.3 Å².